The predicted molar refractivity (Wildman–Crippen MR) is 137 cm³/mol. The molecule has 3 aromatic heterocycles. The van der Waals surface area contributed by atoms with Crippen molar-refractivity contribution in [1.29, 1.82) is 0 Å². The van der Waals surface area contributed by atoms with Crippen molar-refractivity contribution in [2.45, 2.75) is 39.2 Å². The lowest BCUT2D eigenvalue weighted by Crippen LogP contribution is -2.38. The molecule has 6 rings (SSSR count). The zero-order chi connectivity index (χ0) is 24.6. The molecule has 1 fully saturated rings. The second-order valence-electron chi connectivity index (χ2n) is 9.41. The van der Waals surface area contributed by atoms with Gasteiger partial charge in [-0.1, -0.05) is 38.1 Å². The largest absolute Gasteiger partial charge is 0.463 e. The maximum atomic E-state index is 13.7. The van der Waals surface area contributed by atoms with Crippen LogP contribution in [0.15, 0.2) is 59.5 Å². The maximum absolute atomic E-state index is 13.7. The van der Waals surface area contributed by atoms with Crippen molar-refractivity contribution in [3.63, 3.8) is 0 Å². The third-order valence-electron chi connectivity index (χ3n) is 7.51. The molecule has 4 aromatic rings. The minimum Gasteiger partial charge on any atom is -0.463 e. The number of hydrogen-bond donors (Lipinski definition) is 0. The van der Waals surface area contributed by atoms with E-state index in [0.29, 0.717) is 29.0 Å². The Morgan fingerprint density at radius 1 is 1.08 bits per heavy atom. The Balaban J connectivity index is 1.39. The number of benzene rings is 1. The molecule has 184 valence electrons. The van der Waals surface area contributed by atoms with Gasteiger partial charge >= 0.3 is 0 Å². The van der Waals surface area contributed by atoms with Gasteiger partial charge in [0, 0.05) is 30.9 Å². The third-order valence-corrected chi connectivity index (χ3v) is 7.51. The number of nitrogens with zero attached hydrogens (tertiary/aromatic N) is 6. The van der Waals surface area contributed by atoms with Gasteiger partial charge in [-0.2, -0.15) is 9.78 Å². The van der Waals surface area contributed by atoms with E-state index in [9.17, 15) is 4.79 Å². The van der Waals surface area contributed by atoms with Crippen LogP contribution in [0.4, 0.5) is 0 Å². The predicted octanol–water partition coefficient (Wildman–Crippen LogP) is 4.24. The van der Waals surface area contributed by atoms with Crippen LogP contribution in [-0.2, 0) is 12.8 Å². The van der Waals surface area contributed by atoms with Gasteiger partial charge in [0.1, 0.15) is 5.69 Å². The number of carbonyl (C=O) groups excluding carboxylic acids is 1. The second kappa shape index (κ2) is 9.35. The molecule has 1 aliphatic heterocycles. The summed E-state index contributed by atoms with van der Waals surface area (Å²) in [7, 11) is 0. The van der Waals surface area contributed by atoms with Gasteiger partial charge in [0.2, 0.25) is 0 Å². The zero-order valence-corrected chi connectivity index (χ0v) is 20.7. The summed E-state index contributed by atoms with van der Waals surface area (Å²) in [4.78, 5) is 27.7. The van der Waals surface area contributed by atoms with Crippen molar-refractivity contribution in [1.82, 2.24) is 29.5 Å². The maximum Gasteiger partial charge on any atom is 0.257 e. The number of likely N-dealkylation sites (N-methyl/N-ethyl adjacent to an activating group) is 1. The molecule has 1 aromatic carbocycles. The fraction of sp³-hybridized carbons (Fsp3) is 0.357. The number of rotatable bonds is 6. The van der Waals surface area contributed by atoms with E-state index in [1.54, 1.807) is 17.1 Å². The van der Waals surface area contributed by atoms with Gasteiger partial charge in [0.15, 0.2) is 5.76 Å². The summed E-state index contributed by atoms with van der Waals surface area (Å²) in [6.07, 6.45) is 7.99. The summed E-state index contributed by atoms with van der Waals surface area (Å²) in [6.45, 7) is 7.76. The number of hydrogen-bond acceptors (Lipinski definition) is 6. The van der Waals surface area contributed by atoms with Crippen LogP contribution in [0.5, 0.6) is 0 Å². The summed E-state index contributed by atoms with van der Waals surface area (Å²) in [5.41, 5.74) is 5.56. The van der Waals surface area contributed by atoms with Gasteiger partial charge in [0.05, 0.1) is 23.7 Å². The summed E-state index contributed by atoms with van der Waals surface area (Å²) in [5, 5.41) is 4.60. The van der Waals surface area contributed by atoms with E-state index in [1.807, 2.05) is 29.3 Å². The highest BCUT2D eigenvalue weighted by molar-refractivity contribution is 5.99. The van der Waals surface area contributed by atoms with Crippen LogP contribution in [0.25, 0.3) is 28.7 Å². The van der Waals surface area contributed by atoms with Crippen LogP contribution >= 0.6 is 0 Å². The Bertz CT molecular complexity index is 1390. The molecule has 36 heavy (non-hydrogen) atoms. The Labute approximate surface area is 210 Å². The zero-order valence-electron chi connectivity index (χ0n) is 20.7. The summed E-state index contributed by atoms with van der Waals surface area (Å²) in [5.74, 6) is 0.959. The number of likely N-dealkylation sites (tertiary alicyclic amines) is 1. The van der Waals surface area contributed by atoms with Crippen LogP contribution in [0.3, 0.4) is 0 Å². The number of carbonyl (C=O) groups is 1. The molecule has 1 aliphatic carbocycles. The Hall–Kier alpha value is -3.78. The smallest absolute Gasteiger partial charge is 0.257 e. The highest BCUT2D eigenvalue weighted by Gasteiger charge is 2.33. The number of amides is 1. The highest BCUT2D eigenvalue weighted by Crippen LogP contribution is 2.33. The molecule has 0 saturated carbocycles. The minimum absolute atomic E-state index is 0.0365. The first-order valence-corrected chi connectivity index (χ1v) is 12.8. The van der Waals surface area contributed by atoms with E-state index < -0.39 is 0 Å². The molecule has 1 unspecified atom stereocenters. The molecule has 4 heterocycles. The van der Waals surface area contributed by atoms with Gasteiger partial charge < -0.3 is 9.32 Å². The summed E-state index contributed by atoms with van der Waals surface area (Å²) in [6, 6.07) is 12.4. The van der Waals surface area contributed by atoms with Crippen LogP contribution < -0.4 is 0 Å². The van der Waals surface area contributed by atoms with E-state index in [2.05, 4.69) is 47.0 Å². The number of fused-ring (bicyclic) bond motifs is 3. The van der Waals surface area contributed by atoms with E-state index in [4.69, 9.17) is 9.40 Å². The van der Waals surface area contributed by atoms with Gasteiger partial charge in [0.25, 0.3) is 11.9 Å². The SMILES string of the molecule is CCN(CC)C1CCN(C(=O)c2cnn(-c3ncc4c(n3)-c3ccccc3CC4)c2-c2ccco2)C1. The average molecular weight is 483 g/mol. The van der Waals surface area contributed by atoms with Crippen molar-refractivity contribution in [2.24, 2.45) is 0 Å². The normalized spacial score (nSPS) is 16.9. The van der Waals surface area contributed by atoms with Crippen LogP contribution in [0, 0.1) is 0 Å². The van der Waals surface area contributed by atoms with Gasteiger partial charge in [-0.05, 0) is 55.6 Å². The van der Waals surface area contributed by atoms with Crippen molar-refractivity contribution >= 4 is 5.91 Å². The Morgan fingerprint density at radius 3 is 2.72 bits per heavy atom. The molecule has 0 spiro atoms. The van der Waals surface area contributed by atoms with Crippen LogP contribution in [-0.4, -0.2) is 67.7 Å². The van der Waals surface area contributed by atoms with Crippen LogP contribution in [0.2, 0.25) is 0 Å². The Morgan fingerprint density at radius 2 is 1.92 bits per heavy atom. The van der Waals surface area contributed by atoms with E-state index in [-0.39, 0.29) is 5.91 Å². The quantitative estimate of drug-likeness (QED) is 0.409. The molecule has 1 amide bonds. The molecule has 0 N–H and O–H groups in total. The topological polar surface area (TPSA) is 80.3 Å². The van der Waals surface area contributed by atoms with Gasteiger partial charge in [-0.3, -0.25) is 9.69 Å². The minimum atomic E-state index is -0.0365. The lowest BCUT2D eigenvalue weighted by atomic mass is 9.90. The third kappa shape index (κ3) is 3.82. The van der Waals surface area contributed by atoms with E-state index in [0.717, 1.165) is 62.3 Å². The van der Waals surface area contributed by atoms with Crippen molar-refractivity contribution in [3.05, 3.63) is 71.7 Å². The highest BCUT2D eigenvalue weighted by atomic mass is 16.3. The average Bonchev–Trinajstić information content (AvgIpc) is 3.69. The molecule has 8 heteroatoms. The number of aryl methyl sites for hydroxylation is 2. The van der Waals surface area contributed by atoms with Crippen molar-refractivity contribution in [3.8, 4) is 28.7 Å². The summed E-state index contributed by atoms with van der Waals surface area (Å²) < 4.78 is 7.40. The first-order valence-electron chi connectivity index (χ1n) is 12.8. The number of furan rings is 1. The number of aromatic nitrogens is 4. The standard InChI is InChI=1S/C28H30N6O2/c1-3-32(4-2)21-13-14-33(18-21)27(35)23-17-30-34(26(23)24-10-7-15-36-24)28-29-16-20-12-11-19-8-5-6-9-22(19)25(20)31-28/h5-10,15-17,21H,3-4,11-14,18H2,1-2H3. The molecule has 8 nitrogen and oxygen atoms in total. The molecule has 0 radical (unpaired) electrons. The van der Waals surface area contributed by atoms with Crippen molar-refractivity contribution < 1.29 is 9.21 Å². The van der Waals surface area contributed by atoms with E-state index in [1.165, 1.54) is 5.56 Å². The fourth-order valence-corrected chi connectivity index (χ4v) is 5.60. The molecular formula is C28H30N6O2. The van der Waals surface area contributed by atoms with E-state index >= 15 is 0 Å². The molecule has 1 saturated heterocycles. The lowest BCUT2D eigenvalue weighted by molar-refractivity contribution is 0.0778. The summed E-state index contributed by atoms with van der Waals surface area (Å²) >= 11 is 0. The monoisotopic (exact) mass is 482 g/mol. The Kier molecular flexibility index (Phi) is 5.89. The first-order chi connectivity index (χ1) is 17.7. The lowest BCUT2D eigenvalue weighted by Gasteiger charge is -2.26. The molecule has 0 bridgehead atoms. The van der Waals surface area contributed by atoms with Gasteiger partial charge in [-0.15, -0.1) is 0 Å². The van der Waals surface area contributed by atoms with Crippen molar-refractivity contribution in [2.75, 3.05) is 26.2 Å². The fourth-order valence-electron chi connectivity index (χ4n) is 5.60. The van der Waals surface area contributed by atoms with Crippen LogP contribution in [0.1, 0.15) is 41.8 Å². The van der Waals surface area contributed by atoms with Gasteiger partial charge in [-0.25, -0.2) is 9.97 Å². The molecule has 2 aliphatic rings. The first kappa shape index (κ1) is 22.7. The molecular weight excluding hydrogens is 452 g/mol. The molecule has 1 atom stereocenters. The second-order valence-corrected chi connectivity index (χ2v) is 9.41.